The molecule has 16 heavy (non-hydrogen) atoms. The summed E-state index contributed by atoms with van der Waals surface area (Å²) in [6, 6.07) is -0.248. The number of aliphatic hydroxyl groups is 2. The summed E-state index contributed by atoms with van der Waals surface area (Å²) in [6.07, 6.45) is -0.906. The van der Waals surface area contributed by atoms with Gasteiger partial charge in [0.25, 0.3) is 0 Å². The molecule has 0 saturated carbocycles. The minimum atomic E-state index is -0.816. The molecule has 2 aliphatic heterocycles. The number of rotatable bonds is 2. The van der Waals surface area contributed by atoms with Gasteiger partial charge < -0.3 is 25.2 Å². The van der Waals surface area contributed by atoms with Crippen LogP contribution in [0.4, 0.5) is 0 Å². The monoisotopic (exact) mass is 230 g/mol. The van der Waals surface area contributed by atoms with Crippen LogP contribution in [0.3, 0.4) is 0 Å². The third-order valence-electron chi connectivity index (χ3n) is 3.29. The minimum absolute atomic E-state index is 0.0600. The fourth-order valence-corrected chi connectivity index (χ4v) is 2.24. The van der Waals surface area contributed by atoms with Gasteiger partial charge in [-0.15, -0.1) is 0 Å². The van der Waals surface area contributed by atoms with Crippen LogP contribution < -0.4 is 5.32 Å². The van der Waals surface area contributed by atoms with Gasteiger partial charge >= 0.3 is 0 Å². The fraction of sp³-hybridized carbons (Fsp3) is 0.900. The quantitative estimate of drug-likeness (QED) is 0.507. The van der Waals surface area contributed by atoms with E-state index in [1.54, 1.807) is 7.11 Å². The number of nitrogens with one attached hydrogen (secondary N) is 1. The molecule has 92 valence electrons. The normalized spacial score (nSPS) is 39.3. The lowest BCUT2D eigenvalue weighted by molar-refractivity contribution is -0.132. The molecule has 0 aromatic rings. The number of aliphatic hydroxyl groups excluding tert-OH is 2. The van der Waals surface area contributed by atoms with Crippen molar-refractivity contribution in [2.45, 2.75) is 30.8 Å². The molecule has 6 heteroatoms. The lowest BCUT2D eigenvalue weighted by Crippen LogP contribution is -2.43. The summed E-state index contributed by atoms with van der Waals surface area (Å²) >= 11 is 0. The first-order chi connectivity index (χ1) is 7.61. The second kappa shape index (κ2) is 4.67. The predicted molar refractivity (Wildman–Crippen MR) is 55.8 cm³/mol. The van der Waals surface area contributed by atoms with E-state index < -0.39 is 12.2 Å². The van der Waals surface area contributed by atoms with Gasteiger partial charge in [-0.25, -0.2) is 0 Å². The van der Waals surface area contributed by atoms with E-state index in [0.29, 0.717) is 13.0 Å². The number of hydrogen-bond acceptors (Lipinski definition) is 5. The number of carbonyl (C=O) groups is 1. The van der Waals surface area contributed by atoms with E-state index in [1.165, 1.54) is 4.90 Å². The van der Waals surface area contributed by atoms with Crippen molar-refractivity contribution in [1.29, 1.82) is 0 Å². The Kier molecular flexibility index (Phi) is 3.44. The number of ether oxygens (including phenoxy) is 1. The maximum absolute atomic E-state index is 12.0. The van der Waals surface area contributed by atoms with Crippen molar-refractivity contribution in [2.24, 2.45) is 0 Å². The Morgan fingerprint density at radius 3 is 2.50 bits per heavy atom. The van der Waals surface area contributed by atoms with Crippen LogP contribution in [0.15, 0.2) is 0 Å². The molecule has 0 aromatic heterocycles. The van der Waals surface area contributed by atoms with Crippen LogP contribution in [0.2, 0.25) is 0 Å². The molecule has 2 heterocycles. The van der Waals surface area contributed by atoms with Gasteiger partial charge in [-0.05, 0) is 6.42 Å². The Labute approximate surface area is 94.2 Å². The van der Waals surface area contributed by atoms with Crippen molar-refractivity contribution in [3.05, 3.63) is 0 Å². The summed E-state index contributed by atoms with van der Waals surface area (Å²) in [5.41, 5.74) is 0. The second-order valence-electron chi connectivity index (χ2n) is 4.43. The summed E-state index contributed by atoms with van der Waals surface area (Å²) in [6.45, 7) is 1.11. The fourth-order valence-electron chi connectivity index (χ4n) is 2.24. The van der Waals surface area contributed by atoms with Crippen LogP contribution in [0, 0.1) is 0 Å². The molecule has 3 N–H and O–H groups in total. The first kappa shape index (κ1) is 11.8. The predicted octanol–water partition coefficient (Wildman–Crippen LogP) is -2.07. The van der Waals surface area contributed by atoms with E-state index >= 15 is 0 Å². The van der Waals surface area contributed by atoms with Crippen molar-refractivity contribution >= 4 is 5.91 Å². The van der Waals surface area contributed by atoms with Gasteiger partial charge in [0, 0.05) is 26.7 Å². The highest BCUT2D eigenvalue weighted by molar-refractivity contribution is 5.82. The third-order valence-corrected chi connectivity index (χ3v) is 3.29. The number of amides is 1. The molecular weight excluding hydrogens is 212 g/mol. The number of methoxy groups -OCH3 is 1. The van der Waals surface area contributed by atoms with E-state index in [1.807, 2.05) is 0 Å². The van der Waals surface area contributed by atoms with Crippen molar-refractivity contribution in [1.82, 2.24) is 10.2 Å². The van der Waals surface area contributed by atoms with E-state index in [0.717, 1.165) is 0 Å². The molecule has 0 radical (unpaired) electrons. The highest BCUT2D eigenvalue weighted by Gasteiger charge is 2.38. The molecule has 2 saturated heterocycles. The second-order valence-corrected chi connectivity index (χ2v) is 4.43. The van der Waals surface area contributed by atoms with E-state index in [-0.39, 0.29) is 31.1 Å². The molecule has 2 aliphatic rings. The highest BCUT2D eigenvalue weighted by Crippen LogP contribution is 2.16. The standard InChI is InChI=1S/C10H18N2O4/c1-16-6-2-7(11-3-6)10(15)12-4-8(13)9(14)5-12/h6-9,11,13-14H,2-5H2,1H3. The average Bonchev–Trinajstić information content (AvgIpc) is 2.86. The van der Waals surface area contributed by atoms with Gasteiger partial charge in [-0.2, -0.15) is 0 Å². The first-order valence-corrected chi connectivity index (χ1v) is 5.53. The average molecular weight is 230 g/mol. The zero-order valence-corrected chi connectivity index (χ0v) is 9.30. The van der Waals surface area contributed by atoms with Gasteiger partial charge in [0.2, 0.25) is 5.91 Å². The maximum atomic E-state index is 12.0. The van der Waals surface area contributed by atoms with Crippen LogP contribution in [-0.2, 0) is 9.53 Å². The molecule has 0 spiro atoms. The third kappa shape index (κ3) is 2.20. The van der Waals surface area contributed by atoms with Crippen LogP contribution >= 0.6 is 0 Å². The van der Waals surface area contributed by atoms with Crippen LogP contribution in [0.25, 0.3) is 0 Å². The topological polar surface area (TPSA) is 82.0 Å². The molecule has 0 aliphatic carbocycles. The summed E-state index contributed by atoms with van der Waals surface area (Å²) in [5, 5.41) is 21.8. The van der Waals surface area contributed by atoms with Crippen LogP contribution in [0.5, 0.6) is 0 Å². The Morgan fingerprint density at radius 1 is 1.38 bits per heavy atom. The molecule has 0 bridgehead atoms. The van der Waals surface area contributed by atoms with E-state index in [2.05, 4.69) is 5.32 Å². The molecular formula is C10H18N2O4. The number of β-amino-alcohol motifs (C(OH)–C–C–N with tert-alkyl or cyclic N) is 2. The Bertz CT molecular complexity index is 264. The lowest BCUT2D eigenvalue weighted by Gasteiger charge is -2.19. The van der Waals surface area contributed by atoms with Crippen LogP contribution in [-0.4, -0.2) is 72.1 Å². The Morgan fingerprint density at radius 2 is 2.00 bits per heavy atom. The lowest BCUT2D eigenvalue weighted by atomic mass is 10.2. The zero-order valence-electron chi connectivity index (χ0n) is 9.30. The summed E-state index contributed by atoms with van der Waals surface area (Å²) < 4.78 is 5.16. The van der Waals surface area contributed by atoms with Crippen molar-refractivity contribution in [3.63, 3.8) is 0 Å². The van der Waals surface area contributed by atoms with E-state index in [4.69, 9.17) is 4.74 Å². The molecule has 0 aromatic carbocycles. The number of carbonyl (C=O) groups excluding carboxylic acids is 1. The largest absolute Gasteiger partial charge is 0.388 e. The molecule has 6 nitrogen and oxygen atoms in total. The van der Waals surface area contributed by atoms with Gasteiger partial charge in [0.05, 0.1) is 24.4 Å². The number of nitrogens with zero attached hydrogens (tertiary/aromatic N) is 1. The van der Waals surface area contributed by atoms with E-state index in [9.17, 15) is 15.0 Å². The summed E-state index contributed by atoms with van der Waals surface area (Å²) in [7, 11) is 1.63. The summed E-state index contributed by atoms with van der Waals surface area (Å²) in [5.74, 6) is -0.0600. The molecule has 4 unspecified atom stereocenters. The molecule has 4 atom stereocenters. The maximum Gasteiger partial charge on any atom is 0.239 e. The number of likely N-dealkylation sites (tertiary alicyclic amines) is 1. The molecule has 2 fully saturated rings. The van der Waals surface area contributed by atoms with Gasteiger partial charge in [0.1, 0.15) is 0 Å². The molecule has 1 amide bonds. The highest BCUT2D eigenvalue weighted by atomic mass is 16.5. The van der Waals surface area contributed by atoms with Crippen molar-refractivity contribution in [3.8, 4) is 0 Å². The Hall–Kier alpha value is -0.690. The number of hydrogen-bond donors (Lipinski definition) is 3. The van der Waals surface area contributed by atoms with Crippen molar-refractivity contribution in [2.75, 3.05) is 26.7 Å². The smallest absolute Gasteiger partial charge is 0.239 e. The zero-order chi connectivity index (χ0) is 11.7. The van der Waals surface area contributed by atoms with Crippen molar-refractivity contribution < 1.29 is 19.7 Å². The SMILES string of the molecule is COC1CNC(C(=O)N2CC(O)C(O)C2)C1. The van der Waals surface area contributed by atoms with Gasteiger partial charge in [0.15, 0.2) is 0 Å². The Balaban J connectivity index is 1.89. The summed E-state index contributed by atoms with van der Waals surface area (Å²) in [4.78, 5) is 13.5. The van der Waals surface area contributed by atoms with Crippen LogP contribution in [0.1, 0.15) is 6.42 Å². The van der Waals surface area contributed by atoms with Gasteiger partial charge in [-0.3, -0.25) is 4.79 Å². The minimum Gasteiger partial charge on any atom is -0.388 e. The molecule has 2 rings (SSSR count). The van der Waals surface area contributed by atoms with Gasteiger partial charge in [-0.1, -0.05) is 0 Å². The first-order valence-electron chi connectivity index (χ1n) is 5.53.